The molecule has 2 aromatic rings. The summed E-state index contributed by atoms with van der Waals surface area (Å²) in [6, 6.07) is 6.15. The number of rotatable bonds is 2. The summed E-state index contributed by atoms with van der Waals surface area (Å²) in [7, 11) is 0. The second-order valence-electron chi connectivity index (χ2n) is 6.15. The molecule has 1 atom stereocenters. The highest BCUT2D eigenvalue weighted by molar-refractivity contribution is 7.09. The summed E-state index contributed by atoms with van der Waals surface area (Å²) in [6.07, 6.45) is -0.633. The van der Waals surface area contributed by atoms with Crippen molar-refractivity contribution in [2.75, 3.05) is 0 Å². The Labute approximate surface area is 119 Å². The minimum atomic E-state index is -0.633. The van der Waals surface area contributed by atoms with Gasteiger partial charge in [-0.1, -0.05) is 50.1 Å². The van der Waals surface area contributed by atoms with Crippen molar-refractivity contribution in [3.05, 3.63) is 51.0 Å². The third-order valence-electron chi connectivity index (χ3n) is 3.00. The summed E-state index contributed by atoms with van der Waals surface area (Å²) in [4.78, 5) is 4.59. The number of benzene rings is 1. The van der Waals surface area contributed by atoms with E-state index < -0.39 is 6.10 Å². The maximum atomic E-state index is 10.5. The highest BCUT2D eigenvalue weighted by Gasteiger charge is 2.21. The summed E-state index contributed by atoms with van der Waals surface area (Å²) in [5, 5.41) is 13.5. The standard InChI is InChI=1S/C16H21NOS/c1-10-6-11(2)8-12(7-10)14(18)13-9-19-15(17-13)16(3,4)5/h6-9,14,18H,1-5H3. The van der Waals surface area contributed by atoms with E-state index in [-0.39, 0.29) is 5.41 Å². The van der Waals surface area contributed by atoms with E-state index in [0.717, 1.165) is 16.3 Å². The van der Waals surface area contributed by atoms with Crippen molar-refractivity contribution in [3.63, 3.8) is 0 Å². The van der Waals surface area contributed by atoms with E-state index in [0.29, 0.717) is 0 Å². The SMILES string of the molecule is Cc1cc(C)cc(C(O)c2csc(C(C)(C)C)n2)c1. The molecule has 1 aromatic heterocycles. The highest BCUT2D eigenvalue weighted by Crippen LogP contribution is 2.30. The van der Waals surface area contributed by atoms with Crippen LogP contribution in [0.15, 0.2) is 23.6 Å². The van der Waals surface area contributed by atoms with Gasteiger partial charge in [-0.2, -0.15) is 0 Å². The van der Waals surface area contributed by atoms with Crippen LogP contribution in [-0.2, 0) is 5.41 Å². The van der Waals surface area contributed by atoms with E-state index in [1.54, 1.807) is 11.3 Å². The Morgan fingerprint density at radius 1 is 1.11 bits per heavy atom. The molecule has 102 valence electrons. The molecular formula is C16H21NOS. The Bertz CT molecular complexity index is 560. The lowest BCUT2D eigenvalue weighted by Gasteiger charge is -2.14. The first-order valence-electron chi connectivity index (χ1n) is 6.49. The zero-order chi connectivity index (χ0) is 14.2. The smallest absolute Gasteiger partial charge is 0.122 e. The molecule has 2 rings (SSSR count). The summed E-state index contributed by atoms with van der Waals surface area (Å²) < 4.78 is 0. The number of thiazole rings is 1. The Balaban J connectivity index is 2.33. The quantitative estimate of drug-likeness (QED) is 0.893. The van der Waals surface area contributed by atoms with Gasteiger partial charge in [-0.15, -0.1) is 11.3 Å². The van der Waals surface area contributed by atoms with Gasteiger partial charge >= 0.3 is 0 Å². The monoisotopic (exact) mass is 275 g/mol. The van der Waals surface area contributed by atoms with Crippen LogP contribution in [0.4, 0.5) is 0 Å². The lowest BCUT2D eigenvalue weighted by Crippen LogP contribution is -2.11. The van der Waals surface area contributed by atoms with Crippen LogP contribution in [0.1, 0.15) is 54.3 Å². The van der Waals surface area contributed by atoms with Crippen molar-refractivity contribution in [1.29, 1.82) is 0 Å². The lowest BCUT2D eigenvalue weighted by molar-refractivity contribution is 0.215. The molecule has 0 aliphatic heterocycles. The molecule has 1 heterocycles. The number of aryl methyl sites for hydroxylation is 2. The van der Waals surface area contributed by atoms with Gasteiger partial charge in [0.15, 0.2) is 0 Å². The van der Waals surface area contributed by atoms with Crippen LogP contribution in [0, 0.1) is 13.8 Å². The molecule has 0 bridgehead atoms. The van der Waals surface area contributed by atoms with E-state index in [1.807, 2.05) is 31.4 Å². The zero-order valence-corrected chi connectivity index (χ0v) is 13.0. The van der Waals surface area contributed by atoms with E-state index in [9.17, 15) is 5.11 Å². The van der Waals surface area contributed by atoms with Gasteiger partial charge in [-0.05, 0) is 19.4 Å². The third-order valence-corrected chi connectivity index (χ3v) is 4.29. The number of aliphatic hydroxyl groups excluding tert-OH is 1. The number of aromatic nitrogens is 1. The Morgan fingerprint density at radius 3 is 2.16 bits per heavy atom. The van der Waals surface area contributed by atoms with Gasteiger partial charge in [0, 0.05) is 10.8 Å². The fourth-order valence-electron chi connectivity index (χ4n) is 2.09. The number of nitrogens with zero attached hydrogens (tertiary/aromatic N) is 1. The molecule has 19 heavy (non-hydrogen) atoms. The van der Waals surface area contributed by atoms with Crippen LogP contribution in [-0.4, -0.2) is 10.1 Å². The van der Waals surface area contributed by atoms with Crippen molar-refractivity contribution >= 4 is 11.3 Å². The van der Waals surface area contributed by atoms with Gasteiger partial charge in [-0.25, -0.2) is 4.98 Å². The average Bonchev–Trinajstić information content (AvgIpc) is 2.75. The Hall–Kier alpha value is -1.19. The van der Waals surface area contributed by atoms with E-state index in [4.69, 9.17) is 0 Å². The molecule has 1 N–H and O–H groups in total. The topological polar surface area (TPSA) is 33.1 Å². The average molecular weight is 275 g/mol. The molecule has 0 saturated heterocycles. The van der Waals surface area contributed by atoms with Gasteiger partial charge in [0.1, 0.15) is 6.10 Å². The van der Waals surface area contributed by atoms with Gasteiger partial charge in [0.25, 0.3) is 0 Å². The number of aliphatic hydroxyl groups is 1. The predicted molar refractivity (Wildman–Crippen MR) is 80.8 cm³/mol. The van der Waals surface area contributed by atoms with Crippen LogP contribution < -0.4 is 0 Å². The van der Waals surface area contributed by atoms with E-state index in [2.05, 4.69) is 31.8 Å². The molecule has 3 heteroatoms. The van der Waals surface area contributed by atoms with Gasteiger partial charge < -0.3 is 5.11 Å². The fraction of sp³-hybridized carbons (Fsp3) is 0.438. The summed E-state index contributed by atoms with van der Waals surface area (Å²) in [5.74, 6) is 0. The second kappa shape index (κ2) is 5.06. The number of hydrogen-bond donors (Lipinski definition) is 1. The zero-order valence-electron chi connectivity index (χ0n) is 12.2. The van der Waals surface area contributed by atoms with Crippen molar-refractivity contribution < 1.29 is 5.11 Å². The third kappa shape index (κ3) is 3.23. The first-order chi connectivity index (χ1) is 8.77. The maximum Gasteiger partial charge on any atom is 0.122 e. The normalized spacial score (nSPS) is 13.6. The fourth-order valence-corrected chi connectivity index (χ4v) is 3.02. The predicted octanol–water partition coefficient (Wildman–Crippen LogP) is 4.14. The Morgan fingerprint density at radius 2 is 1.68 bits per heavy atom. The van der Waals surface area contributed by atoms with Crippen molar-refractivity contribution in [1.82, 2.24) is 4.98 Å². The van der Waals surface area contributed by atoms with Crippen LogP contribution in [0.25, 0.3) is 0 Å². The van der Waals surface area contributed by atoms with E-state index >= 15 is 0 Å². The van der Waals surface area contributed by atoms with Crippen LogP contribution in [0.2, 0.25) is 0 Å². The minimum Gasteiger partial charge on any atom is -0.382 e. The molecule has 0 amide bonds. The molecule has 0 saturated carbocycles. The maximum absolute atomic E-state index is 10.5. The largest absolute Gasteiger partial charge is 0.382 e. The lowest BCUT2D eigenvalue weighted by atomic mass is 9.98. The summed E-state index contributed by atoms with van der Waals surface area (Å²) >= 11 is 1.62. The van der Waals surface area contributed by atoms with Crippen LogP contribution in [0.3, 0.4) is 0 Å². The molecule has 1 unspecified atom stereocenters. The molecule has 2 nitrogen and oxygen atoms in total. The molecule has 1 aromatic carbocycles. The molecule has 0 fully saturated rings. The second-order valence-corrected chi connectivity index (χ2v) is 7.01. The first kappa shape index (κ1) is 14.2. The van der Waals surface area contributed by atoms with E-state index in [1.165, 1.54) is 11.1 Å². The minimum absolute atomic E-state index is 0.0329. The first-order valence-corrected chi connectivity index (χ1v) is 7.37. The molecule has 0 radical (unpaired) electrons. The van der Waals surface area contributed by atoms with Crippen molar-refractivity contribution in [3.8, 4) is 0 Å². The molecule has 0 spiro atoms. The van der Waals surface area contributed by atoms with Crippen molar-refractivity contribution in [2.45, 2.75) is 46.1 Å². The number of hydrogen-bond acceptors (Lipinski definition) is 3. The summed E-state index contributed by atoms with van der Waals surface area (Å²) in [6.45, 7) is 10.5. The van der Waals surface area contributed by atoms with Crippen LogP contribution >= 0.6 is 11.3 Å². The van der Waals surface area contributed by atoms with Crippen LogP contribution in [0.5, 0.6) is 0 Å². The van der Waals surface area contributed by atoms with Gasteiger partial charge in [-0.3, -0.25) is 0 Å². The van der Waals surface area contributed by atoms with Gasteiger partial charge in [0.2, 0.25) is 0 Å². The molecule has 0 aliphatic rings. The highest BCUT2D eigenvalue weighted by atomic mass is 32.1. The Kier molecular flexibility index (Phi) is 3.79. The van der Waals surface area contributed by atoms with Gasteiger partial charge in [0.05, 0.1) is 10.7 Å². The summed E-state index contributed by atoms with van der Waals surface area (Å²) in [5.41, 5.74) is 4.04. The molecule has 0 aliphatic carbocycles. The van der Waals surface area contributed by atoms with Crippen molar-refractivity contribution in [2.24, 2.45) is 0 Å². The molecular weight excluding hydrogens is 254 g/mol.